The fraction of sp³-hybridized carbons (Fsp3) is 0.400. The van der Waals surface area contributed by atoms with E-state index in [1.807, 2.05) is 37.3 Å². The van der Waals surface area contributed by atoms with Crippen molar-refractivity contribution in [1.29, 1.82) is 0 Å². The maximum absolute atomic E-state index is 14.2. The predicted molar refractivity (Wildman–Crippen MR) is 146 cm³/mol. The molecule has 0 spiro atoms. The van der Waals surface area contributed by atoms with Gasteiger partial charge in [-0.2, -0.15) is 4.52 Å². The molecule has 1 aliphatic rings. The summed E-state index contributed by atoms with van der Waals surface area (Å²) in [5, 5.41) is 3.47. The van der Waals surface area contributed by atoms with E-state index in [4.69, 9.17) is 9.72 Å². The van der Waals surface area contributed by atoms with Gasteiger partial charge in [0.1, 0.15) is 11.4 Å². The molecule has 0 aliphatic carbocycles. The summed E-state index contributed by atoms with van der Waals surface area (Å²) in [6, 6.07) is 18.4. The number of hydrogen-bond donors (Lipinski definition) is 1. The molecule has 3 heterocycles. The number of H-pyrrole nitrogens is 1. The number of aromatic nitrogens is 3. The molecular formula is C30H36N4O2. The van der Waals surface area contributed by atoms with Crippen molar-refractivity contribution >= 4 is 11.3 Å². The van der Waals surface area contributed by atoms with Crippen LogP contribution >= 0.6 is 0 Å². The molecule has 1 aliphatic heterocycles. The largest absolute Gasteiger partial charge is 0.497 e. The number of piperidine rings is 1. The minimum Gasteiger partial charge on any atom is -0.497 e. The minimum atomic E-state index is -0.0188. The van der Waals surface area contributed by atoms with Crippen molar-refractivity contribution in [1.82, 2.24) is 14.6 Å². The summed E-state index contributed by atoms with van der Waals surface area (Å²) in [7, 11) is 1.67. The first-order valence-corrected chi connectivity index (χ1v) is 13.2. The molecule has 4 aromatic rings. The van der Waals surface area contributed by atoms with Gasteiger partial charge in [0, 0.05) is 35.8 Å². The molecule has 0 bridgehead atoms. The fourth-order valence-corrected chi connectivity index (χ4v) is 5.53. The first-order valence-electron chi connectivity index (χ1n) is 13.2. The van der Waals surface area contributed by atoms with Crippen molar-refractivity contribution in [2.45, 2.75) is 58.3 Å². The first-order chi connectivity index (χ1) is 17.6. The minimum absolute atomic E-state index is 0.00476. The van der Waals surface area contributed by atoms with E-state index >= 15 is 0 Å². The van der Waals surface area contributed by atoms with Crippen LogP contribution in [-0.4, -0.2) is 34.8 Å². The van der Waals surface area contributed by atoms with Gasteiger partial charge < -0.3 is 9.64 Å². The third-order valence-electron chi connectivity index (χ3n) is 7.43. The van der Waals surface area contributed by atoms with Crippen LogP contribution in [0.5, 0.6) is 5.75 Å². The van der Waals surface area contributed by atoms with Gasteiger partial charge in [-0.05, 0) is 50.3 Å². The van der Waals surface area contributed by atoms with Gasteiger partial charge in [0.05, 0.1) is 12.8 Å². The predicted octanol–water partition coefficient (Wildman–Crippen LogP) is 6.32. The molecule has 1 unspecified atom stereocenters. The molecule has 1 atom stereocenters. The van der Waals surface area contributed by atoms with E-state index in [2.05, 4.69) is 41.2 Å². The number of nitrogens with zero attached hydrogens (tertiary/aromatic N) is 3. The highest BCUT2D eigenvalue weighted by molar-refractivity contribution is 5.86. The monoisotopic (exact) mass is 484 g/mol. The average molecular weight is 485 g/mol. The van der Waals surface area contributed by atoms with Crippen molar-refractivity contribution in [3.05, 3.63) is 81.8 Å². The molecule has 36 heavy (non-hydrogen) atoms. The molecule has 6 nitrogen and oxygen atoms in total. The summed E-state index contributed by atoms with van der Waals surface area (Å²) in [5.74, 6) is 0.799. The summed E-state index contributed by atoms with van der Waals surface area (Å²) in [6.07, 6.45) is 6.57. The van der Waals surface area contributed by atoms with Crippen LogP contribution in [0.1, 0.15) is 68.2 Å². The number of aryl methyl sites for hydroxylation is 1. The third kappa shape index (κ3) is 4.52. The zero-order valence-electron chi connectivity index (χ0n) is 21.6. The normalized spacial score (nSPS) is 14.8. The van der Waals surface area contributed by atoms with Crippen LogP contribution in [0.25, 0.3) is 16.9 Å². The number of methoxy groups -OCH3 is 1. The molecule has 188 valence electrons. The second-order valence-electron chi connectivity index (χ2n) is 9.79. The fourth-order valence-electron chi connectivity index (χ4n) is 5.53. The van der Waals surface area contributed by atoms with E-state index in [0.717, 1.165) is 90.4 Å². The molecule has 0 saturated carbocycles. The molecule has 2 aromatic carbocycles. The van der Waals surface area contributed by atoms with Gasteiger partial charge in [-0.1, -0.05) is 62.2 Å². The first kappa shape index (κ1) is 24.2. The van der Waals surface area contributed by atoms with Crippen LogP contribution in [0.4, 0.5) is 5.69 Å². The number of benzene rings is 2. The number of nitrogens with one attached hydrogen (secondary N) is 1. The zero-order valence-corrected chi connectivity index (χ0v) is 21.6. The van der Waals surface area contributed by atoms with Crippen LogP contribution in [-0.2, 0) is 0 Å². The van der Waals surface area contributed by atoms with Gasteiger partial charge in [-0.25, -0.2) is 4.98 Å². The third-order valence-corrected chi connectivity index (χ3v) is 7.43. The summed E-state index contributed by atoms with van der Waals surface area (Å²) in [6.45, 7) is 6.15. The number of ether oxygens (including phenoxy) is 1. The Morgan fingerprint density at radius 2 is 1.75 bits per heavy atom. The van der Waals surface area contributed by atoms with E-state index in [-0.39, 0.29) is 11.5 Å². The average Bonchev–Trinajstić information content (AvgIpc) is 3.31. The second-order valence-corrected chi connectivity index (χ2v) is 9.79. The van der Waals surface area contributed by atoms with Crippen LogP contribution < -0.4 is 15.2 Å². The van der Waals surface area contributed by atoms with Gasteiger partial charge in [-0.15, -0.1) is 0 Å². The Morgan fingerprint density at radius 1 is 1.03 bits per heavy atom. The van der Waals surface area contributed by atoms with Crippen molar-refractivity contribution in [2.24, 2.45) is 0 Å². The quantitative estimate of drug-likeness (QED) is 0.318. The van der Waals surface area contributed by atoms with Gasteiger partial charge in [0.25, 0.3) is 5.56 Å². The van der Waals surface area contributed by atoms with E-state index < -0.39 is 0 Å². The van der Waals surface area contributed by atoms with E-state index in [1.165, 1.54) is 6.42 Å². The Kier molecular flexibility index (Phi) is 7.12. The van der Waals surface area contributed by atoms with Crippen molar-refractivity contribution in [3.63, 3.8) is 0 Å². The number of anilines is 1. The molecule has 5 rings (SSSR count). The maximum Gasteiger partial charge on any atom is 0.276 e. The van der Waals surface area contributed by atoms with Gasteiger partial charge >= 0.3 is 0 Å². The van der Waals surface area contributed by atoms with Crippen LogP contribution in [0, 0.1) is 6.92 Å². The standard InChI is InChI=1S/C30H36N4O2/c1-4-5-14-25(22-15-17-24(36-3)18-16-22)26-21(2)31-29-28(33-19-10-7-11-20-33)27(32-34(29)30(26)35)23-12-8-6-9-13-23/h6,8-9,12-13,15-18,25,32H,4-5,7,10-11,14,19-20H2,1-3H3. The summed E-state index contributed by atoms with van der Waals surface area (Å²) in [5.41, 5.74) is 6.51. The summed E-state index contributed by atoms with van der Waals surface area (Å²) >= 11 is 0. The molecule has 2 aromatic heterocycles. The lowest BCUT2D eigenvalue weighted by Gasteiger charge is -2.28. The van der Waals surface area contributed by atoms with Crippen LogP contribution in [0.15, 0.2) is 59.4 Å². The SMILES string of the molecule is CCCCC(c1ccc(OC)cc1)c1c(C)nc2c(N3CCCCC3)c(-c3ccccc3)[nH]n2c1=O. The lowest BCUT2D eigenvalue weighted by atomic mass is 9.87. The summed E-state index contributed by atoms with van der Waals surface area (Å²) < 4.78 is 7.06. The maximum atomic E-state index is 14.2. The number of aromatic amines is 1. The number of hydrogen-bond acceptors (Lipinski definition) is 4. The molecule has 0 radical (unpaired) electrons. The Balaban J connectivity index is 1.70. The zero-order chi connectivity index (χ0) is 25.1. The second kappa shape index (κ2) is 10.6. The Labute approximate surface area is 212 Å². The van der Waals surface area contributed by atoms with Crippen molar-refractivity contribution in [3.8, 4) is 17.0 Å². The molecule has 1 fully saturated rings. The van der Waals surface area contributed by atoms with Crippen molar-refractivity contribution in [2.75, 3.05) is 25.1 Å². The number of rotatable bonds is 8. The van der Waals surface area contributed by atoms with E-state index in [0.29, 0.717) is 0 Å². The Morgan fingerprint density at radius 3 is 2.42 bits per heavy atom. The van der Waals surface area contributed by atoms with Crippen LogP contribution in [0.3, 0.4) is 0 Å². The molecule has 0 amide bonds. The van der Waals surface area contributed by atoms with E-state index in [1.54, 1.807) is 11.6 Å². The molecular weight excluding hydrogens is 448 g/mol. The lowest BCUT2D eigenvalue weighted by molar-refractivity contribution is 0.414. The smallest absolute Gasteiger partial charge is 0.276 e. The summed E-state index contributed by atoms with van der Waals surface area (Å²) in [4.78, 5) is 21.7. The van der Waals surface area contributed by atoms with Gasteiger partial charge in [-0.3, -0.25) is 9.89 Å². The Bertz CT molecular complexity index is 1370. The van der Waals surface area contributed by atoms with Crippen LogP contribution in [0.2, 0.25) is 0 Å². The van der Waals surface area contributed by atoms with Crippen molar-refractivity contribution < 1.29 is 4.74 Å². The highest BCUT2D eigenvalue weighted by Crippen LogP contribution is 2.36. The van der Waals surface area contributed by atoms with E-state index in [9.17, 15) is 4.79 Å². The highest BCUT2D eigenvalue weighted by Gasteiger charge is 2.27. The highest BCUT2D eigenvalue weighted by atomic mass is 16.5. The lowest BCUT2D eigenvalue weighted by Crippen LogP contribution is -2.30. The molecule has 1 saturated heterocycles. The molecule has 1 N–H and O–H groups in total. The Hall–Kier alpha value is -3.54. The topological polar surface area (TPSA) is 62.6 Å². The number of unbranched alkanes of at least 4 members (excludes halogenated alkanes) is 1. The van der Waals surface area contributed by atoms with Gasteiger partial charge in [0.2, 0.25) is 0 Å². The van der Waals surface area contributed by atoms with Gasteiger partial charge in [0.15, 0.2) is 5.65 Å². The number of fused-ring (bicyclic) bond motifs is 1. The molecule has 6 heteroatoms.